The fraction of sp³-hybridized carbons (Fsp3) is 0.833. The Morgan fingerprint density at radius 1 is 1.38 bits per heavy atom. The van der Waals surface area contributed by atoms with E-state index in [-0.39, 0.29) is 17.9 Å². The van der Waals surface area contributed by atoms with Crippen LogP contribution in [0.1, 0.15) is 39.0 Å². The van der Waals surface area contributed by atoms with Crippen molar-refractivity contribution in [2.24, 2.45) is 5.92 Å². The zero-order chi connectivity index (χ0) is 11.5. The van der Waals surface area contributed by atoms with Crippen molar-refractivity contribution < 1.29 is 9.59 Å². The van der Waals surface area contributed by atoms with Crippen LogP contribution >= 0.6 is 0 Å². The summed E-state index contributed by atoms with van der Waals surface area (Å²) >= 11 is 0. The second kappa shape index (κ2) is 4.85. The summed E-state index contributed by atoms with van der Waals surface area (Å²) in [4.78, 5) is 25.3. The minimum atomic E-state index is -0.297. The van der Waals surface area contributed by atoms with E-state index in [0.717, 1.165) is 18.9 Å². The van der Waals surface area contributed by atoms with E-state index >= 15 is 0 Å². The largest absolute Gasteiger partial charge is 0.344 e. The standard InChI is InChI=1S/C12H20N2O2/c1-2-10-12(16)14(7-5-9-3-4-9)8-6-11(15)13-10/h9-10H,2-8H2,1H3,(H,13,15). The highest BCUT2D eigenvalue weighted by Gasteiger charge is 2.29. The van der Waals surface area contributed by atoms with E-state index in [2.05, 4.69) is 5.32 Å². The first-order chi connectivity index (χ1) is 7.70. The van der Waals surface area contributed by atoms with E-state index in [1.807, 2.05) is 11.8 Å². The topological polar surface area (TPSA) is 49.4 Å². The van der Waals surface area contributed by atoms with Crippen molar-refractivity contribution in [1.82, 2.24) is 10.2 Å². The summed E-state index contributed by atoms with van der Waals surface area (Å²) in [5, 5.41) is 2.78. The number of nitrogens with one attached hydrogen (secondary N) is 1. The number of hydrogen-bond acceptors (Lipinski definition) is 2. The molecule has 0 bridgehead atoms. The highest BCUT2D eigenvalue weighted by atomic mass is 16.2. The first kappa shape index (κ1) is 11.4. The third-order valence-corrected chi connectivity index (χ3v) is 3.47. The zero-order valence-electron chi connectivity index (χ0n) is 9.87. The fourth-order valence-corrected chi connectivity index (χ4v) is 2.14. The molecule has 2 aliphatic rings. The molecule has 1 saturated heterocycles. The van der Waals surface area contributed by atoms with Crippen LogP contribution in [0.5, 0.6) is 0 Å². The third-order valence-electron chi connectivity index (χ3n) is 3.47. The summed E-state index contributed by atoms with van der Waals surface area (Å²) in [5.41, 5.74) is 0. The van der Waals surface area contributed by atoms with Crippen LogP contribution in [0.15, 0.2) is 0 Å². The Hall–Kier alpha value is -1.06. The Kier molecular flexibility index (Phi) is 3.46. The van der Waals surface area contributed by atoms with Crippen LogP contribution in [-0.4, -0.2) is 35.8 Å². The molecule has 2 fully saturated rings. The predicted molar refractivity (Wildman–Crippen MR) is 60.8 cm³/mol. The maximum absolute atomic E-state index is 12.1. The molecule has 2 amide bonds. The van der Waals surface area contributed by atoms with Crippen LogP contribution in [0, 0.1) is 5.92 Å². The Morgan fingerprint density at radius 3 is 2.75 bits per heavy atom. The zero-order valence-corrected chi connectivity index (χ0v) is 9.87. The van der Waals surface area contributed by atoms with Gasteiger partial charge in [-0.1, -0.05) is 19.8 Å². The van der Waals surface area contributed by atoms with Crippen molar-refractivity contribution in [2.75, 3.05) is 13.1 Å². The van der Waals surface area contributed by atoms with E-state index < -0.39 is 0 Å². The lowest BCUT2D eigenvalue weighted by Crippen LogP contribution is -2.44. The van der Waals surface area contributed by atoms with Gasteiger partial charge < -0.3 is 10.2 Å². The van der Waals surface area contributed by atoms with Crippen molar-refractivity contribution in [1.29, 1.82) is 0 Å². The number of amides is 2. The molecular weight excluding hydrogens is 204 g/mol. The van der Waals surface area contributed by atoms with E-state index in [1.54, 1.807) is 0 Å². The van der Waals surface area contributed by atoms with Crippen LogP contribution < -0.4 is 5.32 Å². The van der Waals surface area contributed by atoms with Crippen LogP contribution in [-0.2, 0) is 9.59 Å². The summed E-state index contributed by atoms with van der Waals surface area (Å²) in [5.74, 6) is 0.947. The summed E-state index contributed by atoms with van der Waals surface area (Å²) in [6, 6.07) is -0.297. The summed E-state index contributed by atoms with van der Waals surface area (Å²) in [6.45, 7) is 3.36. The molecule has 1 N–H and O–H groups in total. The van der Waals surface area contributed by atoms with Crippen molar-refractivity contribution in [2.45, 2.75) is 45.1 Å². The molecule has 1 aliphatic heterocycles. The van der Waals surface area contributed by atoms with Crippen molar-refractivity contribution in [3.8, 4) is 0 Å². The van der Waals surface area contributed by atoms with Gasteiger partial charge >= 0.3 is 0 Å². The second-order valence-electron chi connectivity index (χ2n) is 4.84. The minimum absolute atomic E-state index is 0.00845. The molecule has 0 aromatic rings. The smallest absolute Gasteiger partial charge is 0.245 e. The Bertz CT molecular complexity index is 287. The van der Waals surface area contributed by atoms with Gasteiger partial charge in [-0.05, 0) is 18.8 Å². The molecule has 0 aromatic heterocycles. The highest BCUT2D eigenvalue weighted by Crippen LogP contribution is 2.32. The molecule has 4 nitrogen and oxygen atoms in total. The number of rotatable bonds is 4. The van der Waals surface area contributed by atoms with E-state index in [0.29, 0.717) is 19.4 Å². The van der Waals surface area contributed by atoms with E-state index in [1.165, 1.54) is 12.8 Å². The summed E-state index contributed by atoms with van der Waals surface area (Å²) in [7, 11) is 0. The lowest BCUT2D eigenvalue weighted by Gasteiger charge is -2.23. The number of carbonyl (C=O) groups excluding carboxylic acids is 2. The molecule has 16 heavy (non-hydrogen) atoms. The molecule has 2 rings (SSSR count). The first-order valence-electron chi connectivity index (χ1n) is 6.29. The number of carbonyl (C=O) groups is 2. The van der Waals surface area contributed by atoms with Crippen molar-refractivity contribution in [3.05, 3.63) is 0 Å². The van der Waals surface area contributed by atoms with Gasteiger partial charge in [0.1, 0.15) is 6.04 Å². The highest BCUT2D eigenvalue weighted by molar-refractivity contribution is 5.89. The van der Waals surface area contributed by atoms with Gasteiger partial charge in [0.2, 0.25) is 11.8 Å². The average molecular weight is 224 g/mol. The fourth-order valence-electron chi connectivity index (χ4n) is 2.14. The van der Waals surface area contributed by atoms with Gasteiger partial charge in [0.15, 0.2) is 0 Å². The lowest BCUT2D eigenvalue weighted by atomic mass is 10.2. The molecule has 0 spiro atoms. The quantitative estimate of drug-likeness (QED) is 0.771. The molecule has 1 saturated carbocycles. The molecule has 1 atom stereocenters. The van der Waals surface area contributed by atoms with Crippen LogP contribution in [0.4, 0.5) is 0 Å². The molecule has 0 aromatic carbocycles. The monoisotopic (exact) mass is 224 g/mol. The van der Waals surface area contributed by atoms with Gasteiger partial charge in [-0.15, -0.1) is 0 Å². The Labute approximate surface area is 96.4 Å². The average Bonchev–Trinajstić information content (AvgIpc) is 3.08. The molecule has 90 valence electrons. The lowest BCUT2D eigenvalue weighted by molar-refractivity contribution is -0.133. The van der Waals surface area contributed by atoms with Gasteiger partial charge in [0.25, 0.3) is 0 Å². The van der Waals surface area contributed by atoms with Crippen LogP contribution in [0.2, 0.25) is 0 Å². The third kappa shape index (κ3) is 2.74. The maximum atomic E-state index is 12.1. The molecule has 1 aliphatic carbocycles. The van der Waals surface area contributed by atoms with Crippen molar-refractivity contribution in [3.63, 3.8) is 0 Å². The normalized spacial score (nSPS) is 26.6. The molecule has 1 unspecified atom stereocenters. The van der Waals surface area contributed by atoms with Crippen LogP contribution in [0.25, 0.3) is 0 Å². The SMILES string of the molecule is CCC1NC(=O)CCN(CCC2CC2)C1=O. The number of nitrogens with zero attached hydrogens (tertiary/aromatic N) is 1. The van der Waals surface area contributed by atoms with Gasteiger partial charge in [0.05, 0.1) is 0 Å². The molecule has 0 radical (unpaired) electrons. The van der Waals surface area contributed by atoms with Crippen LogP contribution in [0.3, 0.4) is 0 Å². The molecular formula is C12H20N2O2. The van der Waals surface area contributed by atoms with Gasteiger partial charge in [-0.2, -0.15) is 0 Å². The number of hydrogen-bond donors (Lipinski definition) is 1. The Balaban J connectivity index is 1.92. The predicted octanol–water partition coefficient (Wildman–Crippen LogP) is 0.914. The minimum Gasteiger partial charge on any atom is -0.344 e. The molecule has 4 heteroatoms. The van der Waals surface area contributed by atoms with E-state index in [4.69, 9.17) is 0 Å². The Morgan fingerprint density at radius 2 is 2.12 bits per heavy atom. The first-order valence-corrected chi connectivity index (χ1v) is 6.29. The van der Waals surface area contributed by atoms with Gasteiger partial charge in [-0.3, -0.25) is 9.59 Å². The van der Waals surface area contributed by atoms with Gasteiger partial charge in [-0.25, -0.2) is 0 Å². The van der Waals surface area contributed by atoms with Gasteiger partial charge in [0, 0.05) is 19.5 Å². The second-order valence-corrected chi connectivity index (χ2v) is 4.84. The maximum Gasteiger partial charge on any atom is 0.245 e. The van der Waals surface area contributed by atoms with Crippen molar-refractivity contribution >= 4 is 11.8 Å². The molecule has 1 heterocycles. The summed E-state index contributed by atoms with van der Waals surface area (Å²) in [6.07, 6.45) is 4.88. The van der Waals surface area contributed by atoms with E-state index in [9.17, 15) is 9.59 Å². The summed E-state index contributed by atoms with van der Waals surface area (Å²) < 4.78 is 0.